The van der Waals surface area contributed by atoms with E-state index in [9.17, 15) is 19.8 Å². The summed E-state index contributed by atoms with van der Waals surface area (Å²) in [5.41, 5.74) is 0.490. The predicted molar refractivity (Wildman–Crippen MR) is 77.8 cm³/mol. The van der Waals surface area contributed by atoms with Crippen LogP contribution in [0.3, 0.4) is 0 Å². The third-order valence-electron chi connectivity index (χ3n) is 3.21. The van der Waals surface area contributed by atoms with E-state index in [1.807, 2.05) is 41.5 Å². The molecular formula is C16H22O4. The third-order valence-corrected chi connectivity index (χ3v) is 3.21. The normalized spacial score (nSPS) is 12.3. The second kappa shape index (κ2) is 4.93. The van der Waals surface area contributed by atoms with Gasteiger partial charge in [0, 0.05) is 0 Å². The fourth-order valence-electron chi connectivity index (χ4n) is 2.41. The maximum atomic E-state index is 11.6. The van der Waals surface area contributed by atoms with Gasteiger partial charge in [0.15, 0.2) is 0 Å². The Kier molecular flexibility index (Phi) is 3.99. The number of hydrogen-bond acceptors (Lipinski definition) is 2. The fourth-order valence-corrected chi connectivity index (χ4v) is 2.41. The zero-order valence-corrected chi connectivity index (χ0v) is 12.9. The van der Waals surface area contributed by atoms with Gasteiger partial charge in [-0.15, -0.1) is 0 Å². The zero-order chi connectivity index (χ0) is 15.9. The van der Waals surface area contributed by atoms with E-state index < -0.39 is 17.4 Å². The van der Waals surface area contributed by atoms with Crippen LogP contribution in [0.5, 0.6) is 0 Å². The average Bonchev–Trinajstić information content (AvgIpc) is 2.24. The molecule has 0 aliphatic rings. The van der Waals surface area contributed by atoms with Crippen molar-refractivity contribution in [2.45, 2.75) is 52.4 Å². The second-order valence-corrected chi connectivity index (χ2v) is 7.02. The molecule has 0 spiro atoms. The predicted octanol–water partition coefficient (Wildman–Crippen LogP) is 3.68. The molecule has 0 fully saturated rings. The summed E-state index contributed by atoms with van der Waals surface area (Å²) in [5.74, 6) is -2.41. The van der Waals surface area contributed by atoms with Gasteiger partial charge >= 0.3 is 11.9 Å². The molecule has 1 rings (SSSR count). The van der Waals surface area contributed by atoms with E-state index in [1.165, 1.54) is 6.07 Å². The van der Waals surface area contributed by atoms with Gasteiger partial charge in [0.05, 0.1) is 11.1 Å². The van der Waals surface area contributed by atoms with Crippen LogP contribution in [0, 0.1) is 0 Å². The average molecular weight is 278 g/mol. The van der Waals surface area contributed by atoms with Crippen molar-refractivity contribution in [2.24, 2.45) is 0 Å². The number of aromatic carboxylic acids is 2. The van der Waals surface area contributed by atoms with E-state index >= 15 is 0 Å². The third kappa shape index (κ3) is 3.00. The number of carboxylic acids is 2. The highest BCUT2D eigenvalue weighted by Gasteiger charge is 2.33. The fraction of sp³-hybridized carbons (Fsp3) is 0.500. The van der Waals surface area contributed by atoms with Crippen molar-refractivity contribution in [2.75, 3.05) is 0 Å². The Bertz CT molecular complexity index is 557. The highest BCUT2D eigenvalue weighted by molar-refractivity contribution is 6.03. The van der Waals surface area contributed by atoms with Crippen LogP contribution in [0.2, 0.25) is 0 Å². The molecule has 4 nitrogen and oxygen atoms in total. The van der Waals surface area contributed by atoms with Crippen LogP contribution >= 0.6 is 0 Å². The summed E-state index contributed by atoms with van der Waals surface area (Å²) in [4.78, 5) is 22.9. The maximum Gasteiger partial charge on any atom is 0.336 e. The van der Waals surface area contributed by atoms with Gasteiger partial charge in [0.25, 0.3) is 0 Å². The summed E-state index contributed by atoms with van der Waals surface area (Å²) in [5, 5.41) is 18.7. The monoisotopic (exact) mass is 278 g/mol. The van der Waals surface area contributed by atoms with Crippen LogP contribution in [-0.4, -0.2) is 22.2 Å². The van der Waals surface area contributed by atoms with Crippen LogP contribution < -0.4 is 0 Å². The Morgan fingerprint density at radius 1 is 0.850 bits per heavy atom. The first-order chi connectivity index (χ1) is 8.87. The molecule has 0 amide bonds. The van der Waals surface area contributed by atoms with E-state index in [4.69, 9.17) is 0 Å². The lowest BCUT2D eigenvalue weighted by Gasteiger charge is -2.32. The smallest absolute Gasteiger partial charge is 0.336 e. The summed E-state index contributed by atoms with van der Waals surface area (Å²) >= 11 is 0. The van der Waals surface area contributed by atoms with Crippen LogP contribution in [0.25, 0.3) is 0 Å². The molecule has 2 N–H and O–H groups in total. The SMILES string of the molecule is CC(C)(C)c1ccc(C(=O)O)c(C(=O)O)c1C(C)(C)C. The first-order valence-corrected chi connectivity index (χ1v) is 6.52. The maximum absolute atomic E-state index is 11.6. The summed E-state index contributed by atoms with van der Waals surface area (Å²) in [7, 11) is 0. The zero-order valence-electron chi connectivity index (χ0n) is 12.9. The van der Waals surface area contributed by atoms with Crippen molar-refractivity contribution in [3.8, 4) is 0 Å². The Labute approximate surface area is 119 Å². The molecule has 0 aromatic heterocycles. The van der Waals surface area contributed by atoms with E-state index in [2.05, 4.69) is 0 Å². The molecule has 0 bridgehead atoms. The van der Waals surface area contributed by atoms with Gasteiger partial charge in [-0.3, -0.25) is 0 Å². The van der Waals surface area contributed by atoms with E-state index in [0.717, 1.165) is 5.56 Å². The van der Waals surface area contributed by atoms with Gasteiger partial charge < -0.3 is 10.2 Å². The summed E-state index contributed by atoms with van der Waals surface area (Å²) in [6.45, 7) is 11.7. The number of carbonyl (C=O) groups is 2. The van der Waals surface area contributed by atoms with Gasteiger partial charge in [-0.25, -0.2) is 9.59 Å². The summed E-state index contributed by atoms with van der Waals surface area (Å²) in [6, 6.07) is 3.12. The number of hydrogen-bond donors (Lipinski definition) is 2. The second-order valence-electron chi connectivity index (χ2n) is 7.02. The number of carboxylic acid groups (broad SMARTS) is 2. The highest BCUT2D eigenvalue weighted by Crippen LogP contribution is 2.37. The number of benzene rings is 1. The lowest BCUT2D eigenvalue weighted by atomic mass is 9.72. The van der Waals surface area contributed by atoms with Gasteiger partial charge in [0.2, 0.25) is 0 Å². The largest absolute Gasteiger partial charge is 0.478 e. The quantitative estimate of drug-likeness (QED) is 0.865. The molecule has 0 aliphatic carbocycles. The molecule has 0 aliphatic heterocycles. The number of rotatable bonds is 2. The van der Waals surface area contributed by atoms with Crippen molar-refractivity contribution in [3.05, 3.63) is 34.4 Å². The lowest BCUT2D eigenvalue weighted by molar-refractivity contribution is 0.0649. The minimum absolute atomic E-state index is 0.0996. The molecule has 4 heteroatoms. The van der Waals surface area contributed by atoms with Gasteiger partial charge in [-0.2, -0.15) is 0 Å². The van der Waals surface area contributed by atoms with Crippen molar-refractivity contribution in [1.82, 2.24) is 0 Å². The molecule has 0 saturated carbocycles. The molecule has 0 heterocycles. The minimum Gasteiger partial charge on any atom is -0.478 e. The Morgan fingerprint density at radius 3 is 1.65 bits per heavy atom. The molecule has 0 unspecified atom stereocenters. The molecule has 0 radical (unpaired) electrons. The minimum atomic E-state index is -1.21. The molecular weight excluding hydrogens is 256 g/mol. The van der Waals surface area contributed by atoms with Crippen molar-refractivity contribution in [1.29, 1.82) is 0 Å². The van der Waals surface area contributed by atoms with Crippen molar-refractivity contribution < 1.29 is 19.8 Å². The van der Waals surface area contributed by atoms with E-state index in [1.54, 1.807) is 6.07 Å². The lowest BCUT2D eigenvalue weighted by Crippen LogP contribution is -2.27. The van der Waals surface area contributed by atoms with Gasteiger partial charge in [0.1, 0.15) is 0 Å². The molecule has 110 valence electrons. The summed E-state index contributed by atoms with van der Waals surface area (Å²) in [6.07, 6.45) is 0. The van der Waals surface area contributed by atoms with Gasteiger partial charge in [-0.1, -0.05) is 47.6 Å². The molecule has 0 atom stereocenters. The highest BCUT2D eigenvalue weighted by atomic mass is 16.4. The molecule has 0 saturated heterocycles. The molecule has 1 aromatic carbocycles. The first kappa shape index (κ1) is 16.2. The van der Waals surface area contributed by atoms with E-state index in [0.29, 0.717) is 5.56 Å². The molecule has 20 heavy (non-hydrogen) atoms. The van der Waals surface area contributed by atoms with Crippen molar-refractivity contribution >= 4 is 11.9 Å². The first-order valence-electron chi connectivity index (χ1n) is 6.52. The van der Waals surface area contributed by atoms with Crippen molar-refractivity contribution in [3.63, 3.8) is 0 Å². The van der Waals surface area contributed by atoms with Crippen LogP contribution in [0.15, 0.2) is 12.1 Å². The topological polar surface area (TPSA) is 74.6 Å². The Morgan fingerprint density at radius 2 is 1.35 bits per heavy atom. The van der Waals surface area contributed by atoms with Crippen LogP contribution in [0.1, 0.15) is 73.4 Å². The standard InChI is InChI=1S/C16H22O4/c1-15(2,3)10-8-7-9(13(17)18)11(14(19)20)12(10)16(4,5)6/h7-8H,1-6H3,(H,17,18)(H,19,20). The van der Waals surface area contributed by atoms with Crippen LogP contribution in [0.4, 0.5) is 0 Å². The molecule has 1 aromatic rings. The van der Waals surface area contributed by atoms with Gasteiger partial charge in [-0.05, 0) is 28.0 Å². The Balaban J connectivity index is 3.91. The summed E-state index contributed by atoms with van der Waals surface area (Å²) < 4.78 is 0. The Hall–Kier alpha value is -1.84. The van der Waals surface area contributed by atoms with Crippen LogP contribution in [-0.2, 0) is 10.8 Å². The van der Waals surface area contributed by atoms with E-state index in [-0.39, 0.29) is 16.5 Å².